The van der Waals surface area contributed by atoms with Crippen LogP contribution in [0.25, 0.3) is 0 Å². The first kappa shape index (κ1) is 13.9. The molecule has 0 saturated carbocycles. The highest BCUT2D eigenvalue weighted by atomic mass is 16.5. The highest BCUT2D eigenvalue weighted by molar-refractivity contribution is 4.53. The van der Waals surface area contributed by atoms with Crippen molar-refractivity contribution < 1.29 is 9.47 Å². The zero-order valence-corrected chi connectivity index (χ0v) is 10.1. The van der Waals surface area contributed by atoms with E-state index in [0.29, 0.717) is 6.10 Å². The predicted octanol–water partition coefficient (Wildman–Crippen LogP) is 3.40. The summed E-state index contributed by atoms with van der Waals surface area (Å²) in [5.41, 5.74) is 0. The molecule has 0 bridgehead atoms. The van der Waals surface area contributed by atoms with Crippen LogP contribution in [-0.2, 0) is 9.47 Å². The summed E-state index contributed by atoms with van der Waals surface area (Å²) in [6, 6.07) is 0. The smallest absolute Gasteiger partial charge is 0.0805 e. The van der Waals surface area contributed by atoms with Crippen molar-refractivity contribution in [1.29, 1.82) is 0 Å². The van der Waals surface area contributed by atoms with Gasteiger partial charge in [0.1, 0.15) is 0 Å². The van der Waals surface area contributed by atoms with Crippen LogP contribution >= 0.6 is 0 Å². The molecule has 0 saturated heterocycles. The standard InChI is InChI=1S/C12H26O2/c1-4-7-9-13-11-12(6-3)14-10-8-5-2/h12H,4-11H2,1-3H3. The molecule has 0 spiro atoms. The van der Waals surface area contributed by atoms with Gasteiger partial charge in [0, 0.05) is 13.2 Å². The van der Waals surface area contributed by atoms with Crippen molar-refractivity contribution in [3.63, 3.8) is 0 Å². The summed E-state index contributed by atoms with van der Waals surface area (Å²) in [5.74, 6) is 0. The first-order valence-corrected chi connectivity index (χ1v) is 6.04. The predicted molar refractivity (Wildman–Crippen MR) is 60.7 cm³/mol. The van der Waals surface area contributed by atoms with Gasteiger partial charge < -0.3 is 9.47 Å². The van der Waals surface area contributed by atoms with Gasteiger partial charge in [0.25, 0.3) is 0 Å². The third-order valence-corrected chi connectivity index (χ3v) is 2.25. The van der Waals surface area contributed by atoms with Gasteiger partial charge >= 0.3 is 0 Å². The Morgan fingerprint density at radius 1 is 0.929 bits per heavy atom. The van der Waals surface area contributed by atoms with E-state index in [1.54, 1.807) is 0 Å². The zero-order valence-electron chi connectivity index (χ0n) is 10.1. The van der Waals surface area contributed by atoms with E-state index in [9.17, 15) is 0 Å². The van der Waals surface area contributed by atoms with Gasteiger partial charge in [-0.2, -0.15) is 0 Å². The molecule has 2 nitrogen and oxygen atoms in total. The average molecular weight is 202 g/mol. The minimum atomic E-state index is 0.304. The van der Waals surface area contributed by atoms with Crippen molar-refractivity contribution in [2.75, 3.05) is 19.8 Å². The van der Waals surface area contributed by atoms with Crippen LogP contribution in [0.4, 0.5) is 0 Å². The Balaban J connectivity index is 3.28. The van der Waals surface area contributed by atoms with Crippen molar-refractivity contribution in [3.8, 4) is 0 Å². The van der Waals surface area contributed by atoms with Crippen molar-refractivity contribution in [2.24, 2.45) is 0 Å². The fourth-order valence-electron chi connectivity index (χ4n) is 1.14. The van der Waals surface area contributed by atoms with Gasteiger partial charge in [-0.3, -0.25) is 0 Å². The van der Waals surface area contributed by atoms with Crippen molar-refractivity contribution in [3.05, 3.63) is 0 Å². The molecule has 2 heteroatoms. The molecular formula is C12H26O2. The molecule has 0 N–H and O–H groups in total. The molecule has 0 fully saturated rings. The summed E-state index contributed by atoms with van der Waals surface area (Å²) < 4.78 is 11.2. The summed E-state index contributed by atoms with van der Waals surface area (Å²) in [6.45, 7) is 9.04. The van der Waals surface area contributed by atoms with Gasteiger partial charge in [-0.05, 0) is 19.3 Å². The molecular weight excluding hydrogens is 176 g/mol. The van der Waals surface area contributed by atoms with Crippen LogP contribution in [-0.4, -0.2) is 25.9 Å². The summed E-state index contributed by atoms with van der Waals surface area (Å²) >= 11 is 0. The van der Waals surface area contributed by atoms with Crippen LogP contribution < -0.4 is 0 Å². The summed E-state index contributed by atoms with van der Waals surface area (Å²) in [7, 11) is 0. The molecule has 0 aliphatic heterocycles. The van der Waals surface area contributed by atoms with Crippen molar-refractivity contribution in [1.82, 2.24) is 0 Å². The van der Waals surface area contributed by atoms with Crippen LogP contribution in [0.5, 0.6) is 0 Å². The van der Waals surface area contributed by atoms with Crippen LogP contribution in [0.3, 0.4) is 0 Å². The Bertz CT molecular complexity index is 104. The number of hydrogen-bond donors (Lipinski definition) is 0. The fourth-order valence-corrected chi connectivity index (χ4v) is 1.14. The van der Waals surface area contributed by atoms with Crippen LogP contribution in [0.2, 0.25) is 0 Å². The molecule has 0 aliphatic carbocycles. The number of hydrogen-bond acceptors (Lipinski definition) is 2. The lowest BCUT2D eigenvalue weighted by molar-refractivity contribution is -0.0194. The first-order valence-electron chi connectivity index (χ1n) is 6.04. The third kappa shape index (κ3) is 8.52. The lowest BCUT2D eigenvalue weighted by Crippen LogP contribution is -2.20. The summed E-state index contributed by atoms with van der Waals surface area (Å²) in [5, 5.41) is 0. The molecule has 86 valence electrons. The third-order valence-electron chi connectivity index (χ3n) is 2.25. The largest absolute Gasteiger partial charge is 0.379 e. The number of rotatable bonds is 10. The maximum Gasteiger partial charge on any atom is 0.0805 e. The van der Waals surface area contributed by atoms with E-state index in [-0.39, 0.29) is 0 Å². The second kappa shape index (κ2) is 11.0. The minimum absolute atomic E-state index is 0.304. The maximum atomic E-state index is 5.69. The van der Waals surface area contributed by atoms with E-state index < -0.39 is 0 Å². The topological polar surface area (TPSA) is 18.5 Å². The van der Waals surface area contributed by atoms with E-state index in [0.717, 1.165) is 39.1 Å². The molecule has 0 heterocycles. The molecule has 0 radical (unpaired) electrons. The summed E-state index contributed by atoms with van der Waals surface area (Å²) in [6.07, 6.45) is 6.08. The summed E-state index contributed by atoms with van der Waals surface area (Å²) in [4.78, 5) is 0. The second-order valence-electron chi connectivity index (χ2n) is 3.68. The van der Waals surface area contributed by atoms with Crippen LogP contribution in [0, 0.1) is 0 Å². The van der Waals surface area contributed by atoms with Crippen molar-refractivity contribution in [2.45, 2.75) is 59.0 Å². The van der Waals surface area contributed by atoms with Gasteiger partial charge in [-0.15, -0.1) is 0 Å². The Kier molecular flexibility index (Phi) is 10.9. The Hall–Kier alpha value is -0.0800. The highest BCUT2D eigenvalue weighted by Crippen LogP contribution is 2.01. The lowest BCUT2D eigenvalue weighted by Gasteiger charge is -2.15. The normalized spacial score (nSPS) is 13.1. The van der Waals surface area contributed by atoms with Gasteiger partial charge in [0.15, 0.2) is 0 Å². The molecule has 0 aromatic rings. The van der Waals surface area contributed by atoms with Gasteiger partial charge in [0.2, 0.25) is 0 Å². The molecule has 0 rings (SSSR count). The molecule has 0 aromatic carbocycles. The van der Waals surface area contributed by atoms with E-state index in [2.05, 4.69) is 20.8 Å². The van der Waals surface area contributed by atoms with Gasteiger partial charge in [-0.25, -0.2) is 0 Å². The molecule has 14 heavy (non-hydrogen) atoms. The molecule has 0 aromatic heterocycles. The minimum Gasteiger partial charge on any atom is -0.379 e. The van der Waals surface area contributed by atoms with Crippen LogP contribution in [0.15, 0.2) is 0 Å². The number of ether oxygens (including phenoxy) is 2. The maximum absolute atomic E-state index is 5.69. The van der Waals surface area contributed by atoms with E-state index in [1.807, 2.05) is 0 Å². The molecule has 1 unspecified atom stereocenters. The van der Waals surface area contributed by atoms with Crippen LogP contribution in [0.1, 0.15) is 52.9 Å². The van der Waals surface area contributed by atoms with E-state index in [4.69, 9.17) is 9.47 Å². The Morgan fingerprint density at radius 2 is 1.57 bits per heavy atom. The number of unbranched alkanes of at least 4 members (excludes halogenated alkanes) is 2. The van der Waals surface area contributed by atoms with Gasteiger partial charge in [0.05, 0.1) is 12.7 Å². The molecule has 1 atom stereocenters. The Morgan fingerprint density at radius 3 is 2.14 bits per heavy atom. The molecule has 0 aliphatic rings. The first-order chi connectivity index (χ1) is 6.85. The SMILES string of the molecule is CCCCOCC(CC)OCCCC. The highest BCUT2D eigenvalue weighted by Gasteiger charge is 2.05. The van der Waals surface area contributed by atoms with Gasteiger partial charge in [-0.1, -0.05) is 33.6 Å². The monoisotopic (exact) mass is 202 g/mol. The van der Waals surface area contributed by atoms with E-state index >= 15 is 0 Å². The lowest BCUT2D eigenvalue weighted by atomic mass is 10.3. The Labute approximate surface area is 89.0 Å². The quantitative estimate of drug-likeness (QED) is 0.505. The van der Waals surface area contributed by atoms with E-state index in [1.165, 1.54) is 12.8 Å². The van der Waals surface area contributed by atoms with Crippen molar-refractivity contribution >= 4 is 0 Å². The zero-order chi connectivity index (χ0) is 10.6. The molecule has 0 amide bonds. The second-order valence-corrected chi connectivity index (χ2v) is 3.68. The average Bonchev–Trinajstić information content (AvgIpc) is 2.22. The fraction of sp³-hybridized carbons (Fsp3) is 1.00.